The predicted molar refractivity (Wildman–Crippen MR) is 74.3 cm³/mol. The molecule has 2 aliphatic carbocycles. The molecule has 20 heavy (non-hydrogen) atoms. The maximum Gasteiger partial charge on any atom is 0.326 e. The minimum atomic E-state index is -0.944. The summed E-state index contributed by atoms with van der Waals surface area (Å²) < 4.78 is 5.82. The van der Waals surface area contributed by atoms with Gasteiger partial charge in [0, 0.05) is 0 Å². The molecule has 2 rings (SSSR count). The van der Waals surface area contributed by atoms with E-state index < -0.39 is 18.1 Å². The Morgan fingerprint density at radius 1 is 1.25 bits per heavy atom. The van der Waals surface area contributed by atoms with Crippen LogP contribution in [0.15, 0.2) is 0 Å². The summed E-state index contributed by atoms with van der Waals surface area (Å²) in [5.74, 6) is -0.749. The lowest BCUT2D eigenvalue weighted by atomic mass is 10.1. The van der Waals surface area contributed by atoms with Gasteiger partial charge in [0.05, 0.1) is 6.10 Å². The number of aliphatic carboxylic acids is 1. The lowest BCUT2D eigenvalue weighted by molar-refractivity contribution is -0.146. The number of rotatable bonds is 8. The van der Waals surface area contributed by atoms with Crippen molar-refractivity contribution in [2.24, 2.45) is 5.92 Å². The molecule has 0 aliphatic heterocycles. The van der Waals surface area contributed by atoms with Gasteiger partial charge in [0.2, 0.25) is 5.91 Å². The molecule has 1 amide bonds. The van der Waals surface area contributed by atoms with Crippen LogP contribution in [0.25, 0.3) is 0 Å². The molecule has 2 atom stereocenters. The summed E-state index contributed by atoms with van der Waals surface area (Å²) in [6, 6.07) is -0.767. The van der Waals surface area contributed by atoms with E-state index in [4.69, 9.17) is 4.74 Å². The van der Waals surface area contributed by atoms with Crippen LogP contribution in [-0.2, 0) is 14.3 Å². The molecule has 0 aromatic rings. The van der Waals surface area contributed by atoms with Crippen molar-refractivity contribution in [1.82, 2.24) is 5.32 Å². The molecule has 114 valence electrons. The second kappa shape index (κ2) is 7.07. The van der Waals surface area contributed by atoms with Crippen molar-refractivity contribution in [2.45, 2.75) is 76.5 Å². The van der Waals surface area contributed by atoms with E-state index in [0.29, 0.717) is 18.8 Å². The Morgan fingerprint density at radius 3 is 2.40 bits per heavy atom. The maximum atomic E-state index is 12.2. The summed E-state index contributed by atoms with van der Waals surface area (Å²) in [6.45, 7) is 1.90. The first-order chi connectivity index (χ1) is 9.60. The minimum Gasteiger partial charge on any atom is -0.480 e. The van der Waals surface area contributed by atoms with Gasteiger partial charge < -0.3 is 15.2 Å². The van der Waals surface area contributed by atoms with E-state index in [1.54, 1.807) is 0 Å². The van der Waals surface area contributed by atoms with Crippen LogP contribution in [0.4, 0.5) is 0 Å². The average molecular weight is 283 g/mol. The Labute approximate surface area is 120 Å². The van der Waals surface area contributed by atoms with Crippen molar-refractivity contribution in [3.05, 3.63) is 0 Å². The Kier molecular flexibility index (Phi) is 5.40. The van der Waals surface area contributed by atoms with Crippen LogP contribution < -0.4 is 5.32 Å². The van der Waals surface area contributed by atoms with E-state index in [-0.39, 0.29) is 12.0 Å². The van der Waals surface area contributed by atoms with E-state index >= 15 is 0 Å². The van der Waals surface area contributed by atoms with E-state index in [1.165, 1.54) is 0 Å². The number of carboxylic acids is 1. The molecule has 2 unspecified atom stereocenters. The number of hydrogen-bond donors (Lipinski definition) is 2. The Morgan fingerprint density at radius 2 is 1.90 bits per heavy atom. The van der Waals surface area contributed by atoms with Crippen molar-refractivity contribution in [1.29, 1.82) is 0 Å². The summed E-state index contributed by atoms with van der Waals surface area (Å²) >= 11 is 0. The van der Waals surface area contributed by atoms with Gasteiger partial charge in [-0.25, -0.2) is 4.79 Å². The molecule has 0 aromatic heterocycles. The smallest absolute Gasteiger partial charge is 0.326 e. The lowest BCUT2D eigenvalue weighted by Crippen LogP contribution is -2.47. The van der Waals surface area contributed by atoms with Crippen molar-refractivity contribution < 1.29 is 19.4 Å². The van der Waals surface area contributed by atoms with Crippen LogP contribution in [0, 0.1) is 5.92 Å². The van der Waals surface area contributed by atoms with Gasteiger partial charge in [0.25, 0.3) is 0 Å². The molecular weight excluding hydrogens is 258 g/mol. The molecule has 0 heterocycles. The fraction of sp³-hybridized carbons (Fsp3) is 0.867. The molecular formula is C15H25NO4. The molecule has 2 saturated carbocycles. The average Bonchev–Trinajstić information content (AvgIpc) is 3.08. The molecule has 2 N–H and O–H groups in total. The fourth-order valence-electron chi connectivity index (χ4n) is 2.77. The topological polar surface area (TPSA) is 75.6 Å². The SMILES string of the molecule is CCC(OC1CCCC1)C(=O)NC(CC1CC1)C(=O)O. The van der Waals surface area contributed by atoms with Crippen LogP contribution in [0.2, 0.25) is 0 Å². The van der Waals surface area contributed by atoms with Gasteiger partial charge in [0.15, 0.2) is 0 Å². The third-order valence-electron chi connectivity index (χ3n) is 4.20. The zero-order valence-electron chi connectivity index (χ0n) is 12.1. The van der Waals surface area contributed by atoms with Gasteiger partial charge in [-0.3, -0.25) is 4.79 Å². The van der Waals surface area contributed by atoms with Crippen LogP contribution in [0.5, 0.6) is 0 Å². The molecule has 0 bridgehead atoms. The second-order valence-electron chi connectivity index (χ2n) is 6.02. The first-order valence-corrected chi connectivity index (χ1v) is 7.78. The van der Waals surface area contributed by atoms with Crippen LogP contribution in [0.1, 0.15) is 58.3 Å². The highest BCUT2D eigenvalue weighted by Crippen LogP contribution is 2.33. The summed E-state index contributed by atoms with van der Waals surface area (Å²) in [5, 5.41) is 11.8. The largest absolute Gasteiger partial charge is 0.480 e. The highest BCUT2D eigenvalue weighted by molar-refractivity contribution is 5.86. The predicted octanol–water partition coefficient (Wildman–Crippen LogP) is 2.09. The molecule has 5 nitrogen and oxygen atoms in total. The van der Waals surface area contributed by atoms with Crippen LogP contribution >= 0.6 is 0 Å². The summed E-state index contributed by atoms with van der Waals surface area (Å²) in [5.41, 5.74) is 0. The lowest BCUT2D eigenvalue weighted by Gasteiger charge is -2.22. The first-order valence-electron chi connectivity index (χ1n) is 7.78. The number of amides is 1. The molecule has 0 spiro atoms. The quantitative estimate of drug-likeness (QED) is 0.715. The summed E-state index contributed by atoms with van der Waals surface area (Å²) in [6.07, 6.45) is 7.26. The first kappa shape index (κ1) is 15.3. The number of ether oxygens (including phenoxy) is 1. The molecule has 0 saturated heterocycles. The molecule has 2 aliphatic rings. The number of nitrogens with one attached hydrogen (secondary N) is 1. The molecule has 5 heteroatoms. The minimum absolute atomic E-state index is 0.164. The molecule has 0 radical (unpaired) electrons. The van der Waals surface area contributed by atoms with Crippen LogP contribution in [-0.4, -0.2) is 35.2 Å². The van der Waals surface area contributed by atoms with E-state index in [2.05, 4.69) is 5.32 Å². The zero-order chi connectivity index (χ0) is 14.5. The Balaban J connectivity index is 1.83. The van der Waals surface area contributed by atoms with Gasteiger partial charge in [-0.05, 0) is 31.6 Å². The van der Waals surface area contributed by atoms with Crippen molar-refractivity contribution >= 4 is 11.9 Å². The Bertz CT molecular complexity index is 348. The van der Waals surface area contributed by atoms with E-state index in [0.717, 1.165) is 38.5 Å². The second-order valence-corrected chi connectivity index (χ2v) is 6.02. The number of carboxylic acid groups (broad SMARTS) is 1. The van der Waals surface area contributed by atoms with Crippen molar-refractivity contribution in [3.8, 4) is 0 Å². The van der Waals surface area contributed by atoms with Gasteiger partial charge >= 0.3 is 5.97 Å². The molecule has 0 aromatic carbocycles. The van der Waals surface area contributed by atoms with Gasteiger partial charge in [-0.15, -0.1) is 0 Å². The highest BCUT2D eigenvalue weighted by Gasteiger charge is 2.32. The molecule has 2 fully saturated rings. The van der Waals surface area contributed by atoms with E-state index in [9.17, 15) is 14.7 Å². The summed E-state index contributed by atoms with van der Waals surface area (Å²) in [7, 11) is 0. The van der Waals surface area contributed by atoms with Gasteiger partial charge in [-0.2, -0.15) is 0 Å². The third-order valence-corrected chi connectivity index (χ3v) is 4.20. The van der Waals surface area contributed by atoms with Crippen LogP contribution in [0.3, 0.4) is 0 Å². The van der Waals surface area contributed by atoms with Gasteiger partial charge in [-0.1, -0.05) is 32.6 Å². The van der Waals surface area contributed by atoms with Gasteiger partial charge in [0.1, 0.15) is 12.1 Å². The number of carbonyl (C=O) groups excluding carboxylic acids is 1. The number of hydrogen-bond acceptors (Lipinski definition) is 3. The zero-order valence-corrected chi connectivity index (χ0v) is 12.1. The fourth-order valence-corrected chi connectivity index (χ4v) is 2.77. The standard InChI is InChI=1S/C15H25NO4/c1-2-13(20-11-5-3-4-6-11)14(17)16-12(15(18)19)9-10-7-8-10/h10-13H,2-9H2,1H3,(H,16,17)(H,18,19). The normalized spacial score (nSPS) is 22.4. The Hall–Kier alpha value is -1.10. The monoisotopic (exact) mass is 283 g/mol. The van der Waals surface area contributed by atoms with Crippen molar-refractivity contribution in [3.63, 3.8) is 0 Å². The van der Waals surface area contributed by atoms with Crippen molar-refractivity contribution in [2.75, 3.05) is 0 Å². The summed E-state index contributed by atoms with van der Waals surface area (Å²) in [4.78, 5) is 23.4. The van der Waals surface area contributed by atoms with E-state index in [1.807, 2.05) is 6.92 Å². The number of carbonyl (C=O) groups is 2. The highest BCUT2D eigenvalue weighted by atomic mass is 16.5. The third kappa shape index (κ3) is 4.47. The maximum absolute atomic E-state index is 12.2.